The molecule has 2 rings (SSSR count). The molecule has 1 saturated heterocycles. The van der Waals surface area contributed by atoms with Gasteiger partial charge in [0.25, 0.3) is 5.91 Å². The Hall–Kier alpha value is -2.57. The van der Waals surface area contributed by atoms with Crippen LogP contribution in [0, 0.1) is 11.8 Å². The van der Waals surface area contributed by atoms with Gasteiger partial charge in [-0.25, -0.2) is 0 Å². The molecule has 1 aliphatic rings. The summed E-state index contributed by atoms with van der Waals surface area (Å²) in [5.74, 6) is -0.338. The monoisotopic (exact) mass is 375 g/mol. The van der Waals surface area contributed by atoms with Gasteiger partial charge in [0.15, 0.2) is 0 Å². The quantitative estimate of drug-likeness (QED) is 0.772. The second-order valence-corrected chi connectivity index (χ2v) is 7.41. The van der Waals surface area contributed by atoms with Gasteiger partial charge in [-0.15, -0.1) is 0 Å². The van der Waals surface area contributed by atoms with Crippen LogP contribution in [0.15, 0.2) is 24.3 Å². The van der Waals surface area contributed by atoms with Crippen LogP contribution in [0.4, 0.5) is 0 Å². The summed E-state index contributed by atoms with van der Waals surface area (Å²) in [7, 11) is 0. The Labute approximate surface area is 160 Å². The molecule has 7 heteroatoms. The molecule has 148 valence electrons. The molecule has 27 heavy (non-hydrogen) atoms. The van der Waals surface area contributed by atoms with Gasteiger partial charge in [-0.05, 0) is 51.0 Å². The van der Waals surface area contributed by atoms with Crippen LogP contribution in [0.25, 0.3) is 0 Å². The van der Waals surface area contributed by atoms with Crippen molar-refractivity contribution in [1.29, 1.82) is 0 Å². The van der Waals surface area contributed by atoms with E-state index in [0.717, 1.165) is 6.42 Å². The molecule has 1 aromatic carbocycles. The fourth-order valence-electron chi connectivity index (χ4n) is 3.01. The molecular weight excluding hydrogens is 346 g/mol. The van der Waals surface area contributed by atoms with Gasteiger partial charge in [0.2, 0.25) is 11.8 Å². The number of piperidine rings is 1. The zero-order valence-electron chi connectivity index (χ0n) is 16.5. The lowest BCUT2D eigenvalue weighted by Crippen LogP contribution is -2.50. The third-order valence-electron chi connectivity index (χ3n) is 4.39. The highest BCUT2D eigenvalue weighted by Crippen LogP contribution is 2.18. The highest BCUT2D eigenvalue weighted by atomic mass is 16.5. The van der Waals surface area contributed by atoms with E-state index in [0.29, 0.717) is 30.8 Å². The van der Waals surface area contributed by atoms with Gasteiger partial charge in [-0.2, -0.15) is 0 Å². The number of ether oxygens (including phenoxy) is 1. The standard InChI is InChI=1S/C20H29N3O4/c1-13(2)20(26)23-11-5-6-16(12-23)19(25)22-21-18(24)15-7-9-17(10-8-15)27-14(3)4/h7-10,13-14,16H,5-6,11-12H2,1-4H3,(H,21,24)(H,22,25). The highest BCUT2D eigenvalue weighted by molar-refractivity contribution is 5.95. The molecule has 1 aromatic rings. The van der Waals surface area contributed by atoms with Crippen molar-refractivity contribution in [3.05, 3.63) is 29.8 Å². The van der Waals surface area contributed by atoms with E-state index in [4.69, 9.17) is 4.74 Å². The Morgan fingerprint density at radius 3 is 2.33 bits per heavy atom. The van der Waals surface area contributed by atoms with Crippen LogP contribution in [0.1, 0.15) is 50.9 Å². The number of nitrogens with zero attached hydrogens (tertiary/aromatic N) is 1. The maximum Gasteiger partial charge on any atom is 0.269 e. The lowest BCUT2D eigenvalue weighted by molar-refractivity contribution is -0.138. The molecule has 1 atom stereocenters. The van der Waals surface area contributed by atoms with Crippen molar-refractivity contribution >= 4 is 17.7 Å². The van der Waals surface area contributed by atoms with Crippen molar-refractivity contribution in [2.24, 2.45) is 11.8 Å². The second kappa shape index (κ2) is 9.39. The highest BCUT2D eigenvalue weighted by Gasteiger charge is 2.29. The van der Waals surface area contributed by atoms with E-state index < -0.39 is 5.91 Å². The summed E-state index contributed by atoms with van der Waals surface area (Å²) in [4.78, 5) is 38.4. The van der Waals surface area contributed by atoms with E-state index >= 15 is 0 Å². The average Bonchev–Trinajstić information content (AvgIpc) is 2.65. The molecule has 1 unspecified atom stereocenters. The topological polar surface area (TPSA) is 87.7 Å². The third-order valence-corrected chi connectivity index (χ3v) is 4.39. The summed E-state index contributed by atoms with van der Waals surface area (Å²) in [5.41, 5.74) is 5.34. The molecule has 7 nitrogen and oxygen atoms in total. The van der Waals surface area contributed by atoms with Crippen LogP contribution >= 0.6 is 0 Å². The number of rotatable bonds is 5. The van der Waals surface area contributed by atoms with Gasteiger partial charge >= 0.3 is 0 Å². The van der Waals surface area contributed by atoms with Crippen molar-refractivity contribution in [2.45, 2.75) is 46.6 Å². The zero-order valence-corrected chi connectivity index (χ0v) is 16.5. The Morgan fingerprint density at radius 1 is 1.07 bits per heavy atom. The predicted molar refractivity (Wildman–Crippen MR) is 102 cm³/mol. The van der Waals surface area contributed by atoms with Gasteiger partial charge in [-0.3, -0.25) is 25.2 Å². The number of hydrazine groups is 1. The molecule has 0 saturated carbocycles. The second-order valence-electron chi connectivity index (χ2n) is 7.41. The first-order valence-corrected chi connectivity index (χ1v) is 9.43. The van der Waals surface area contributed by atoms with Crippen molar-refractivity contribution in [1.82, 2.24) is 15.8 Å². The van der Waals surface area contributed by atoms with E-state index in [1.165, 1.54) is 0 Å². The lowest BCUT2D eigenvalue weighted by Gasteiger charge is -2.33. The summed E-state index contributed by atoms with van der Waals surface area (Å²) in [6.07, 6.45) is 1.54. The number of benzene rings is 1. The van der Waals surface area contributed by atoms with Crippen molar-refractivity contribution in [2.75, 3.05) is 13.1 Å². The molecule has 0 spiro atoms. The maximum atomic E-state index is 12.4. The molecule has 1 fully saturated rings. The summed E-state index contributed by atoms with van der Waals surface area (Å²) in [6, 6.07) is 6.71. The van der Waals surface area contributed by atoms with Crippen molar-refractivity contribution in [3.63, 3.8) is 0 Å². The number of hydrogen-bond donors (Lipinski definition) is 2. The van der Waals surface area contributed by atoms with Crippen LogP contribution in [0.2, 0.25) is 0 Å². The summed E-state index contributed by atoms with van der Waals surface area (Å²) >= 11 is 0. The number of hydrogen-bond acceptors (Lipinski definition) is 4. The molecule has 3 amide bonds. The van der Waals surface area contributed by atoms with E-state index in [-0.39, 0.29) is 29.8 Å². The van der Waals surface area contributed by atoms with Gasteiger partial charge < -0.3 is 9.64 Å². The van der Waals surface area contributed by atoms with Crippen molar-refractivity contribution in [3.8, 4) is 5.75 Å². The first kappa shape index (κ1) is 20.7. The Morgan fingerprint density at radius 2 is 1.74 bits per heavy atom. The van der Waals surface area contributed by atoms with E-state index in [1.807, 2.05) is 27.7 Å². The van der Waals surface area contributed by atoms with Gasteiger partial charge in [0.05, 0.1) is 12.0 Å². The molecule has 0 aromatic heterocycles. The fraction of sp³-hybridized carbons (Fsp3) is 0.550. The molecule has 0 bridgehead atoms. The summed E-state index contributed by atoms with van der Waals surface area (Å²) < 4.78 is 5.54. The van der Waals surface area contributed by atoms with E-state index in [2.05, 4.69) is 10.9 Å². The van der Waals surface area contributed by atoms with Crippen LogP contribution in [0.3, 0.4) is 0 Å². The maximum absolute atomic E-state index is 12.4. The summed E-state index contributed by atoms with van der Waals surface area (Å²) in [5, 5.41) is 0. The smallest absolute Gasteiger partial charge is 0.269 e. The Balaban J connectivity index is 1.85. The molecule has 2 N–H and O–H groups in total. The first-order chi connectivity index (χ1) is 12.8. The van der Waals surface area contributed by atoms with Gasteiger partial charge in [0, 0.05) is 24.6 Å². The minimum Gasteiger partial charge on any atom is -0.491 e. The Bertz CT molecular complexity index is 670. The molecule has 0 aliphatic carbocycles. The van der Waals surface area contributed by atoms with E-state index in [1.54, 1.807) is 29.2 Å². The Kier molecular flexibility index (Phi) is 7.21. The summed E-state index contributed by atoms with van der Waals surface area (Å²) in [6.45, 7) is 8.62. The number of carbonyl (C=O) groups is 3. The lowest BCUT2D eigenvalue weighted by atomic mass is 9.96. The van der Waals surface area contributed by atoms with Gasteiger partial charge in [-0.1, -0.05) is 13.8 Å². The minimum absolute atomic E-state index is 0.0558. The number of amides is 3. The van der Waals surface area contributed by atoms with Crippen LogP contribution in [0.5, 0.6) is 5.75 Å². The minimum atomic E-state index is -0.398. The fourth-order valence-corrected chi connectivity index (χ4v) is 3.01. The van der Waals surface area contributed by atoms with Crippen LogP contribution in [-0.4, -0.2) is 41.8 Å². The number of nitrogens with one attached hydrogen (secondary N) is 2. The molecule has 1 aliphatic heterocycles. The number of carbonyl (C=O) groups excluding carboxylic acids is 3. The molecular formula is C20H29N3O4. The first-order valence-electron chi connectivity index (χ1n) is 9.43. The zero-order chi connectivity index (χ0) is 20.0. The van der Waals surface area contributed by atoms with Crippen LogP contribution in [-0.2, 0) is 9.59 Å². The van der Waals surface area contributed by atoms with E-state index in [9.17, 15) is 14.4 Å². The molecule has 1 heterocycles. The third kappa shape index (κ3) is 5.98. The molecule has 0 radical (unpaired) electrons. The SMILES string of the molecule is CC(C)Oc1ccc(C(=O)NNC(=O)C2CCCN(C(=O)C(C)C)C2)cc1. The predicted octanol–water partition coefficient (Wildman–Crippen LogP) is 2.13. The largest absolute Gasteiger partial charge is 0.491 e. The number of likely N-dealkylation sites (tertiary alicyclic amines) is 1. The van der Waals surface area contributed by atoms with Crippen molar-refractivity contribution < 1.29 is 19.1 Å². The normalized spacial score (nSPS) is 17.0. The average molecular weight is 375 g/mol. The van der Waals surface area contributed by atoms with Gasteiger partial charge in [0.1, 0.15) is 5.75 Å². The van der Waals surface area contributed by atoms with Crippen LogP contribution < -0.4 is 15.6 Å².